The highest BCUT2D eigenvalue weighted by Crippen LogP contribution is 2.24. The quantitative estimate of drug-likeness (QED) is 0.320. The Morgan fingerprint density at radius 1 is 1.17 bits per heavy atom. The molecule has 0 unspecified atom stereocenters. The van der Waals surface area contributed by atoms with Crippen LogP contribution in [0.5, 0.6) is 0 Å². The summed E-state index contributed by atoms with van der Waals surface area (Å²) in [5, 5.41) is 19.5. The monoisotopic (exact) mass is 406 g/mol. The summed E-state index contributed by atoms with van der Waals surface area (Å²) in [6.45, 7) is 5.79. The summed E-state index contributed by atoms with van der Waals surface area (Å²) in [5.41, 5.74) is 10.3. The molecule has 7 nitrogen and oxygen atoms in total. The Morgan fingerprint density at radius 2 is 1.83 bits per heavy atom. The van der Waals surface area contributed by atoms with E-state index in [2.05, 4.69) is 17.2 Å². The Bertz CT molecular complexity index is 1020. The average molecular weight is 406 g/mol. The molecule has 0 aliphatic rings. The van der Waals surface area contributed by atoms with E-state index in [-0.39, 0.29) is 24.7 Å². The van der Waals surface area contributed by atoms with Crippen molar-refractivity contribution in [2.24, 2.45) is 5.73 Å². The van der Waals surface area contributed by atoms with E-state index in [1.54, 1.807) is 12.1 Å². The summed E-state index contributed by atoms with van der Waals surface area (Å²) < 4.78 is 0. The van der Waals surface area contributed by atoms with Gasteiger partial charge in [0.2, 0.25) is 5.91 Å². The van der Waals surface area contributed by atoms with Gasteiger partial charge in [0.05, 0.1) is 13.0 Å². The van der Waals surface area contributed by atoms with Crippen LogP contribution < -0.4 is 16.0 Å². The van der Waals surface area contributed by atoms with Crippen molar-refractivity contribution in [1.29, 1.82) is 5.41 Å². The fraction of sp³-hybridized carbons (Fsp3) is 0.261. The molecule has 2 aromatic carbocycles. The molecular weight excluding hydrogens is 380 g/mol. The van der Waals surface area contributed by atoms with E-state index >= 15 is 0 Å². The maximum atomic E-state index is 12.0. The zero-order valence-electron chi connectivity index (χ0n) is 17.4. The van der Waals surface area contributed by atoms with Crippen LogP contribution in [0.2, 0.25) is 0 Å². The number of amidine groups is 1. The zero-order chi connectivity index (χ0) is 22.3. The van der Waals surface area contributed by atoms with Crippen LogP contribution in [-0.4, -0.2) is 35.9 Å². The molecule has 156 valence electrons. The minimum Gasteiger partial charge on any atom is -0.481 e. The number of nitrogens with one attached hydrogen (secondary N) is 2. The maximum Gasteiger partial charge on any atom is 0.305 e. The Kier molecular flexibility index (Phi) is 7.59. The van der Waals surface area contributed by atoms with Crippen LogP contribution in [0.1, 0.15) is 35.6 Å². The zero-order valence-corrected chi connectivity index (χ0v) is 17.4. The van der Waals surface area contributed by atoms with E-state index in [4.69, 9.17) is 16.2 Å². The predicted octanol–water partition coefficient (Wildman–Crippen LogP) is 2.88. The van der Waals surface area contributed by atoms with Gasteiger partial charge in [0.1, 0.15) is 5.84 Å². The first-order valence-electron chi connectivity index (χ1n) is 9.47. The minimum atomic E-state index is -0.943. The second-order valence-electron chi connectivity index (χ2n) is 6.91. The number of carboxylic acid groups (broad SMARTS) is 1. The first-order valence-corrected chi connectivity index (χ1v) is 9.47. The van der Waals surface area contributed by atoms with Gasteiger partial charge in [-0.2, -0.15) is 0 Å². The van der Waals surface area contributed by atoms with E-state index in [1.807, 2.05) is 38.1 Å². The number of aliphatic carboxylic acids is 1. The van der Waals surface area contributed by atoms with Crippen molar-refractivity contribution in [3.05, 3.63) is 58.7 Å². The van der Waals surface area contributed by atoms with Crippen LogP contribution in [0.4, 0.5) is 11.4 Å². The largest absolute Gasteiger partial charge is 0.481 e. The first kappa shape index (κ1) is 22.5. The van der Waals surface area contributed by atoms with Gasteiger partial charge < -0.3 is 21.1 Å². The van der Waals surface area contributed by atoms with Crippen molar-refractivity contribution in [3.8, 4) is 11.8 Å². The third-order valence-corrected chi connectivity index (χ3v) is 4.56. The van der Waals surface area contributed by atoms with Crippen LogP contribution in [-0.2, 0) is 9.59 Å². The van der Waals surface area contributed by atoms with Crippen LogP contribution in [0.15, 0.2) is 36.4 Å². The van der Waals surface area contributed by atoms with Gasteiger partial charge in [-0.3, -0.25) is 15.0 Å². The molecule has 0 radical (unpaired) electrons. The third kappa shape index (κ3) is 6.11. The molecular formula is C23H26N4O3. The van der Waals surface area contributed by atoms with Crippen molar-refractivity contribution in [1.82, 2.24) is 0 Å². The molecule has 5 N–H and O–H groups in total. The Labute approximate surface area is 176 Å². The number of amides is 1. The number of anilines is 2. The molecule has 2 aromatic rings. The summed E-state index contributed by atoms with van der Waals surface area (Å²) in [4.78, 5) is 24.4. The van der Waals surface area contributed by atoms with Crippen molar-refractivity contribution < 1.29 is 14.7 Å². The number of aryl methyl sites for hydroxylation is 2. The van der Waals surface area contributed by atoms with Gasteiger partial charge in [0, 0.05) is 36.0 Å². The number of benzene rings is 2. The number of carbonyl (C=O) groups is 2. The maximum absolute atomic E-state index is 12.0. The lowest BCUT2D eigenvalue weighted by molar-refractivity contribution is -0.136. The molecule has 2 rings (SSSR count). The summed E-state index contributed by atoms with van der Waals surface area (Å²) in [6.07, 6.45) is -0.112. The highest BCUT2D eigenvalue weighted by atomic mass is 16.4. The SMILES string of the molecule is CC(=O)N(CCC(=O)O)c1cc(C)c(C#CCNc2ccc(C(=N)N)cc2)cc1C. The molecule has 7 heteroatoms. The number of carboxylic acids is 1. The predicted molar refractivity (Wildman–Crippen MR) is 119 cm³/mol. The van der Waals surface area contributed by atoms with Crippen molar-refractivity contribution in [3.63, 3.8) is 0 Å². The number of hydrogen-bond donors (Lipinski definition) is 4. The Hall–Kier alpha value is -3.79. The van der Waals surface area contributed by atoms with Crippen molar-refractivity contribution in [2.45, 2.75) is 27.2 Å². The number of carbonyl (C=O) groups excluding carboxylic acids is 1. The van der Waals surface area contributed by atoms with E-state index in [1.165, 1.54) is 11.8 Å². The Balaban J connectivity index is 2.10. The van der Waals surface area contributed by atoms with E-state index in [0.717, 1.165) is 22.4 Å². The molecule has 0 bridgehead atoms. The second kappa shape index (κ2) is 10.1. The number of nitrogen functional groups attached to an aromatic ring is 1. The van der Waals surface area contributed by atoms with Gasteiger partial charge in [-0.25, -0.2) is 0 Å². The highest BCUT2D eigenvalue weighted by molar-refractivity contribution is 5.95. The van der Waals surface area contributed by atoms with E-state index in [9.17, 15) is 9.59 Å². The van der Waals surface area contributed by atoms with Crippen molar-refractivity contribution in [2.75, 3.05) is 23.3 Å². The lowest BCUT2D eigenvalue weighted by atomic mass is 10.0. The first-order chi connectivity index (χ1) is 14.2. The molecule has 0 saturated heterocycles. The lowest BCUT2D eigenvalue weighted by Crippen LogP contribution is -2.31. The molecule has 30 heavy (non-hydrogen) atoms. The molecule has 0 saturated carbocycles. The van der Waals surface area contributed by atoms with Gasteiger partial charge in [-0.15, -0.1) is 0 Å². The molecule has 0 atom stereocenters. The van der Waals surface area contributed by atoms with Gasteiger partial charge in [-0.05, 0) is 61.4 Å². The van der Waals surface area contributed by atoms with E-state index < -0.39 is 5.97 Å². The van der Waals surface area contributed by atoms with Crippen LogP contribution >= 0.6 is 0 Å². The van der Waals surface area contributed by atoms with Gasteiger partial charge in [-0.1, -0.05) is 11.8 Å². The van der Waals surface area contributed by atoms with Crippen LogP contribution in [0.25, 0.3) is 0 Å². The topological polar surface area (TPSA) is 120 Å². The summed E-state index contributed by atoms with van der Waals surface area (Å²) in [5.74, 6) is 5.11. The molecule has 0 aliphatic heterocycles. The van der Waals surface area contributed by atoms with Gasteiger partial charge in [0.25, 0.3) is 0 Å². The van der Waals surface area contributed by atoms with Crippen LogP contribution in [0.3, 0.4) is 0 Å². The summed E-state index contributed by atoms with van der Waals surface area (Å²) in [7, 11) is 0. The molecule has 1 amide bonds. The van der Waals surface area contributed by atoms with Crippen molar-refractivity contribution >= 4 is 29.1 Å². The van der Waals surface area contributed by atoms with Gasteiger partial charge >= 0.3 is 5.97 Å². The van der Waals surface area contributed by atoms with Gasteiger partial charge in [0.15, 0.2) is 0 Å². The average Bonchev–Trinajstić information content (AvgIpc) is 2.68. The molecule has 0 aliphatic carbocycles. The number of nitrogens with zero attached hydrogens (tertiary/aromatic N) is 1. The Morgan fingerprint density at radius 3 is 2.40 bits per heavy atom. The van der Waals surface area contributed by atoms with E-state index in [0.29, 0.717) is 17.8 Å². The smallest absolute Gasteiger partial charge is 0.305 e. The fourth-order valence-corrected chi connectivity index (χ4v) is 2.93. The summed E-state index contributed by atoms with van der Waals surface area (Å²) >= 11 is 0. The normalized spacial score (nSPS) is 9.97. The minimum absolute atomic E-state index is 0.0296. The lowest BCUT2D eigenvalue weighted by Gasteiger charge is -2.23. The second-order valence-corrected chi connectivity index (χ2v) is 6.91. The molecule has 0 spiro atoms. The third-order valence-electron chi connectivity index (χ3n) is 4.56. The van der Waals surface area contributed by atoms with Crippen LogP contribution in [0, 0.1) is 31.1 Å². The number of hydrogen-bond acceptors (Lipinski definition) is 4. The molecule has 0 fully saturated rings. The molecule has 0 aromatic heterocycles. The fourth-order valence-electron chi connectivity index (χ4n) is 2.93. The number of nitrogens with two attached hydrogens (primary N) is 1. The molecule has 0 heterocycles. The highest BCUT2D eigenvalue weighted by Gasteiger charge is 2.16. The number of rotatable bonds is 7. The summed E-state index contributed by atoms with van der Waals surface area (Å²) in [6, 6.07) is 11.0. The standard InChI is InChI=1S/C23H26N4O3/c1-15-14-21(27(17(3)28)12-10-22(29)30)16(2)13-19(15)5-4-11-26-20-8-6-18(7-9-20)23(24)25/h6-9,13-14,26H,10-12H2,1-3H3,(H3,24,25)(H,29,30).